The van der Waals surface area contributed by atoms with E-state index in [0.717, 1.165) is 44.8 Å². The largest absolute Gasteiger partial charge is 0.493 e. The first-order chi connectivity index (χ1) is 8.84. The van der Waals surface area contributed by atoms with Gasteiger partial charge in [0.05, 0.1) is 25.9 Å². The van der Waals surface area contributed by atoms with Gasteiger partial charge in [0.2, 0.25) is 0 Å². The Balaban J connectivity index is 1.89. The number of fused-ring (bicyclic) bond motifs is 1. The van der Waals surface area contributed by atoms with Gasteiger partial charge in [0.15, 0.2) is 0 Å². The van der Waals surface area contributed by atoms with E-state index in [1.807, 2.05) is 0 Å². The van der Waals surface area contributed by atoms with Crippen molar-refractivity contribution in [3.05, 3.63) is 29.3 Å². The summed E-state index contributed by atoms with van der Waals surface area (Å²) in [5, 5.41) is 8.78. The van der Waals surface area contributed by atoms with Crippen LogP contribution in [0, 0.1) is 11.3 Å². The van der Waals surface area contributed by atoms with E-state index in [2.05, 4.69) is 24.3 Å². The third-order valence-corrected chi connectivity index (χ3v) is 3.99. The summed E-state index contributed by atoms with van der Waals surface area (Å²) in [4.78, 5) is 0. The zero-order valence-electron chi connectivity index (χ0n) is 10.4. The van der Waals surface area contributed by atoms with E-state index in [0.29, 0.717) is 6.42 Å². The van der Waals surface area contributed by atoms with E-state index >= 15 is 0 Å². The highest BCUT2D eigenvalue weighted by molar-refractivity contribution is 5.42. The van der Waals surface area contributed by atoms with Gasteiger partial charge in [-0.15, -0.1) is 0 Å². The highest BCUT2D eigenvalue weighted by atomic mass is 16.5. The molecule has 0 atom stereocenters. The number of benzene rings is 1. The van der Waals surface area contributed by atoms with Crippen molar-refractivity contribution in [2.45, 2.75) is 31.1 Å². The number of aryl methyl sites for hydroxylation is 1. The Kier molecular flexibility index (Phi) is 2.97. The molecule has 3 heteroatoms. The number of rotatable bonds is 3. The molecule has 0 saturated carbocycles. The van der Waals surface area contributed by atoms with Gasteiger partial charge in [-0.2, -0.15) is 5.26 Å². The average Bonchev–Trinajstić information content (AvgIpc) is 2.37. The van der Waals surface area contributed by atoms with Gasteiger partial charge in [0, 0.05) is 11.8 Å². The molecular weight excluding hydrogens is 226 g/mol. The van der Waals surface area contributed by atoms with Crippen LogP contribution in [0.25, 0.3) is 0 Å². The van der Waals surface area contributed by atoms with Crippen molar-refractivity contribution in [1.29, 1.82) is 5.26 Å². The minimum Gasteiger partial charge on any atom is -0.493 e. The molecule has 1 saturated heterocycles. The second-order valence-corrected chi connectivity index (χ2v) is 5.21. The van der Waals surface area contributed by atoms with Crippen molar-refractivity contribution in [3.63, 3.8) is 0 Å². The molecule has 94 valence electrons. The van der Waals surface area contributed by atoms with Gasteiger partial charge in [0.1, 0.15) is 5.75 Å². The molecule has 0 spiro atoms. The molecule has 18 heavy (non-hydrogen) atoms. The molecule has 0 radical (unpaired) electrons. The minimum absolute atomic E-state index is 0.0716. The Hall–Kier alpha value is -1.53. The fourth-order valence-electron chi connectivity index (χ4n) is 2.79. The number of hydrogen-bond acceptors (Lipinski definition) is 3. The van der Waals surface area contributed by atoms with Crippen LogP contribution in [0.4, 0.5) is 0 Å². The molecule has 0 N–H and O–H groups in total. The van der Waals surface area contributed by atoms with Crippen LogP contribution >= 0.6 is 0 Å². The van der Waals surface area contributed by atoms with Crippen molar-refractivity contribution in [2.24, 2.45) is 0 Å². The first kappa shape index (κ1) is 11.6. The standard InChI is InChI=1S/C15H17NO2/c16-7-2-6-15(10-17-11-15)13-4-5-14-12(9-13)3-1-8-18-14/h4-5,9H,1-3,6,8,10-11H2. The zero-order chi connectivity index (χ0) is 12.4. The van der Waals surface area contributed by atoms with Crippen molar-refractivity contribution >= 4 is 0 Å². The maximum Gasteiger partial charge on any atom is 0.122 e. The molecule has 2 aliphatic heterocycles. The fraction of sp³-hybridized carbons (Fsp3) is 0.533. The third kappa shape index (κ3) is 1.87. The van der Waals surface area contributed by atoms with Crippen LogP contribution in [0.5, 0.6) is 5.75 Å². The van der Waals surface area contributed by atoms with Gasteiger partial charge in [-0.3, -0.25) is 0 Å². The Morgan fingerprint density at radius 1 is 1.33 bits per heavy atom. The molecule has 0 bridgehead atoms. The average molecular weight is 243 g/mol. The molecule has 1 aromatic carbocycles. The van der Waals surface area contributed by atoms with Gasteiger partial charge >= 0.3 is 0 Å². The van der Waals surface area contributed by atoms with E-state index in [1.165, 1.54) is 11.1 Å². The van der Waals surface area contributed by atoms with Crippen LogP contribution in [0.3, 0.4) is 0 Å². The van der Waals surface area contributed by atoms with Crippen molar-refractivity contribution in [3.8, 4) is 11.8 Å². The molecule has 2 heterocycles. The van der Waals surface area contributed by atoms with Gasteiger partial charge < -0.3 is 9.47 Å². The minimum atomic E-state index is 0.0716. The number of hydrogen-bond donors (Lipinski definition) is 0. The van der Waals surface area contributed by atoms with E-state index in [1.54, 1.807) is 0 Å². The molecule has 3 nitrogen and oxygen atoms in total. The molecule has 0 unspecified atom stereocenters. The lowest BCUT2D eigenvalue weighted by atomic mass is 9.74. The first-order valence-electron chi connectivity index (χ1n) is 6.55. The topological polar surface area (TPSA) is 42.2 Å². The van der Waals surface area contributed by atoms with Crippen LogP contribution in [-0.4, -0.2) is 19.8 Å². The summed E-state index contributed by atoms with van der Waals surface area (Å²) in [7, 11) is 0. The Bertz CT molecular complexity index is 486. The third-order valence-electron chi connectivity index (χ3n) is 3.99. The molecule has 1 fully saturated rings. The molecular formula is C15H17NO2. The normalized spacial score (nSPS) is 20.2. The predicted molar refractivity (Wildman–Crippen MR) is 67.6 cm³/mol. The van der Waals surface area contributed by atoms with E-state index in [4.69, 9.17) is 14.7 Å². The summed E-state index contributed by atoms with van der Waals surface area (Å²) >= 11 is 0. The van der Waals surface area contributed by atoms with Crippen molar-refractivity contribution in [1.82, 2.24) is 0 Å². The van der Waals surface area contributed by atoms with Crippen LogP contribution < -0.4 is 4.74 Å². The lowest BCUT2D eigenvalue weighted by Gasteiger charge is -2.42. The lowest BCUT2D eigenvalue weighted by Crippen LogP contribution is -2.46. The smallest absolute Gasteiger partial charge is 0.122 e. The summed E-state index contributed by atoms with van der Waals surface area (Å²) in [5.41, 5.74) is 2.69. The van der Waals surface area contributed by atoms with Crippen molar-refractivity contribution in [2.75, 3.05) is 19.8 Å². The van der Waals surface area contributed by atoms with Gasteiger partial charge in [0.25, 0.3) is 0 Å². The maximum atomic E-state index is 8.78. The molecule has 3 rings (SSSR count). The van der Waals surface area contributed by atoms with Crippen LogP contribution in [0.1, 0.15) is 30.4 Å². The lowest BCUT2D eigenvalue weighted by molar-refractivity contribution is -0.0637. The number of nitriles is 1. The van der Waals surface area contributed by atoms with Crippen LogP contribution in [0.2, 0.25) is 0 Å². The molecule has 0 aromatic heterocycles. The highest BCUT2D eigenvalue weighted by Crippen LogP contribution is 2.39. The quantitative estimate of drug-likeness (QED) is 0.819. The summed E-state index contributed by atoms with van der Waals surface area (Å²) in [6.07, 6.45) is 3.68. The molecule has 0 amide bonds. The maximum absolute atomic E-state index is 8.78. The van der Waals surface area contributed by atoms with E-state index in [9.17, 15) is 0 Å². The monoisotopic (exact) mass is 243 g/mol. The van der Waals surface area contributed by atoms with Crippen molar-refractivity contribution < 1.29 is 9.47 Å². The van der Waals surface area contributed by atoms with E-state index < -0.39 is 0 Å². The number of ether oxygens (including phenoxy) is 2. The Morgan fingerprint density at radius 3 is 2.94 bits per heavy atom. The highest BCUT2D eigenvalue weighted by Gasteiger charge is 2.40. The van der Waals surface area contributed by atoms with Crippen LogP contribution in [0.15, 0.2) is 18.2 Å². The summed E-state index contributed by atoms with van der Waals surface area (Å²) in [5.74, 6) is 1.03. The zero-order valence-corrected chi connectivity index (χ0v) is 10.4. The van der Waals surface area contributed by atoms with Gasteiger partial charge in [-0.1, -0.05) is 12.1 Å². The van der Waals surface area contributed by atoms with Gasteiger partial charge in [-0.25, -0.2) is 0 Å². The summed E-state index contributed by atoms with van der Waals surface area (Å²) in [6.45, 7) is 2.32. The fourth-order valence-corrected chi connectivity index (χ4v) is 2.79. The predicted octanol–water partition coefficient (Wildman–Crippen LogP) is 2.58. The molecule has 0 aliphatic carbocycles. The SMILES string of the molecule is N#CCCC1(c2ccc3c(c2)CCCO3)COC1. The Morgan fingerprint density at radius 2 is 2.22 bits per heavy atom. The molecule has 1 aromatic rings. The van der Waals surface area contributed by atoms with Gasteiger partial charge in [-0.05, 0) is 36.5 Å². The molecule has 2 aliphatic rings. The summed E-state index contributed by atoms with van der Waals surface area (Å²) < 4.78 is 11.0. The summed E-state index contributed by atoms with van der Waals surface area (Å²) in [6, 6.07) is 8.72. The van der Waals surface area contributed by atoms with Crippen LogP contribution in [-0.2, 0) is 16.6 Å². The number of nitrogens with zero attached hydrogens (tertiary/aromatic N) is 1. The second kappa shape index (κ2) is 4.62. The second-order valence-electron chi connectivity index (χ2n) is 5.21. The Labute approximate surface area is 107 Å². The van der Waals surface area contributed by atoms with E-state index in [-0.39, 0.29) is 5.41 Å². The first-order valence-corrected chi connectivity index (χ1v) is 6.55.